The largest absolute Gasteiger partial charge is 0.380 e. The Balaban J connectivity index is 1.89. The van der Waals surface area contributed by atoms with E-state index < -0.39 is 5.41 Å². The van der Waals surface area contributed by atoms with Crippen LogP contribution in [-0.2, 0) is 29.7 Å². The Morgan fingerprint density at radius 1 is 1.26 bits per heavy atom. The third-order valence-corrected chi connectivity index (χ3v) is 5.13. The second-order valence-electron chi connectivity index (χ2n) is 7.19. The summed E-state index contributed by atoms with van der Waals surface area (Å²) in [4.78, 5) is 13.9. The van der Waals surface area contributed by atoms with Gasteiger partial charge in [-0.15, -0.1) is 0 Å². The minimum absolute atomic E-state index is 0.0897. The molecule has 2 amide bonds. The summed E-state index contributed by atoms with van der Waals surface area (Å²) in [6.07, 6.45) is 0.592. The Bertz CT molecular complexity index is 887. The van der Waals surface area contributed by atoms with E-state index in [0.29, 0.717) is 26.1 Å². The van der Waals surface area contributed by atoms with Crippen LogP contribution >= 0.6 is 0 Å². The van der Waals surface area contributed by atoms with Gasteiger partial charge in [0, 0.05) is 25.9 Å². The van der Waals surface area contributed by atoms with E-state index in [4.69, 9.17) is 4.74 Å². The number of carbonyl (C=O) groups excluding carboxylic acids is 1. The lowest BCUT2D eigenvalue weighted by molar-refractivity contribution is 0.185. The van der Waals surface area contributed by atoms with Crippen molar-refractivity contribution in [2.24, 2.45) is 0 Å². The summed E-state index contributed by atoms with van der Waals surface area (Å²) in [7, 11) is 1.67. The number of hydrogen-bond acceptors (Lipinski definition) is 3. The molecule has 0 aromatic heterocycles. The lowest BCUT2D eigenvalue weighted by Crippen LogP contribution is -2.38. The molecule has 0 spiro atoms. The second kappa shape index (κ2) is 7.81. The predicted molar refractivity (Wildman–Crippen MR) is 105 cm³/mol. The normalized spacial score (nSPS) is 15.5. The maximum absolute atomic E-state index is 12.1. The predicted octanol–water partition coefficient (Wildman–Crippen LogP) is 4.22. The summed E-state index contributed by atoms with van der Waals surface area (Å²) in [5.41, 5.74) is 4.28. The standard InChI is InChI=1S/C22H25N3O2/c1-4-25-13-18-8-9-19(11-20(18)24-21(25)26)22(2,15-23)12-16-6-5-7-17(10-16)14-27-3/h5-11H,4,12-14H2,1-3H3,(H,24,26). The first-order valence-electron chi connectivity index (χ1n) is 9.16. The SMILES string of the molecule is CCN1Cc2ccc(C(C)(C#N)Cc3cccc(COC)c3)cc2NC1=O. The molecule has 0 saturated carbocycles. The number of methoxy groups -OCH3 is 1. The zero-order valence-electron chi connectivity index (χ0n) is 16.1. The first kappa shape index (κ1) is 18.9. The molecular formula is C22H25N3O2. The quantitative estimate of drug-likeness (QED) is 0.835. The molecule has 2 aromatic rings. The lowest BCUT2D eigenvalue weighted by atomic mass is 9.78. The van der Waals surface area contributed by atoms with E-state index in [1.54, 1.807) is 12.0 Å². The van der Waals surface area contributed by atoms with Crippen molar-refractivity contribution in [1.82, 2.24) is 4.90 Å². The van der Waals surface area contributed by atoms with Crippen LogP contribution in [0.1, 0.15) is 36.1 Å². The molecule has 0 bridgehead atoms. The molecule has 1 aliphatic rings. The first-order chi connectivity index (χ1) is 13.0. The van der Waals surface area contributed by atoms with Crippen LogP contribution in [0.4, 0.5) is 10.5 Å². The minimum atomic E-state index is -0.687. The highest BCUT2D eigenvalue weighted by Crippen LogP contribution is 2.33. The lowest BCUT2D eigenvalue weighted by Gasteiger charge is -2.30. The summed E-state index contributed by atoms with van der Waals surface area (Å²) >= 11 is 0. The zero-order chi connectivity index (χ0) is 19.4. The maximum atomic E-state index is 12.1. The Morgan fingerprint density at radius 2 is 2.04 bits per heavy atom. The number of ether oxygens (including phenoxy) is 1. The number of nitrogens with one attached hydrogen (secondary N) is 1. The van der Waals surface area contributed by atoms with E-state index in [9.17, 15) is 10.1 Å². The number of rotatable bonds is 6. The highest BCUT2D eigenvalue weighted by molar-refractivity contribution is 5.92. The van der Waals surface area contributed by atoms with Crippen LogP contribution in [-0.4, -0.2) is 24.6 Å². The molecule has 0 saturated heterocycles. The van der Waals surface area contributed by atoms with Gasteiger partial charge in [0.15, 0.2) is 0 Å². The number of nitriles is 1. The highest BCUT2D eigenvalue weighted by Gasteiger charge is 2.29. The van der Waals surface area contributed by atoms with Crippen LogP contribution in [0.15, 0.2) is 42.5 Å². The third-order valence-electron chi connectivity index (χ3n) is 5.13. The summed E-state index contributed by atoms with van der Waals surface area (Å²) < 4.78 is 5.20. The van der Waals surface area contributed by atoms with E-state index in [1.807, 2.05) is 50.2 Å². The second-order valence-corrected chi connectivity index (χ2v) is 7.19. The van der Waals surface area contributed by atoms with Crippen molar-refractivity contribution in [2.45, 2.75) is 38.8 Å². The van der Waals surface area contributed by atoms with Crippen LogP contribution in [0.5, 0.6) is 0 Å². The molecule has 2 aromatic carbocycles. The Kier molecular flexibility index (Phi) is 5.48. The molecule has 0 aliphatic carbocycles. The maximum Gasteiger partial charge on any atom is 0.322 e. The molecule has 5 nitrogen and oxygen atoms in total. The van der Waals surface area contributed by atoms with Crippen molar-refractivity contribution in [2.75, 3.05) is 19.0 Å². The van der Waals surface area contributed by atoms with E-state index in [-0.39, 0.29) is 6.03 Å². The molecule has 1 heterocycles. The summed E-state index contributed by atoms with van der Waals surface area (Å²) in [5, 5.41) is 12.9. The number of fused-ring (bicyclic) bond motifs is 1. The number of carbonyl (C=O) groups is 1. The van der Waals surface area contributed by atoms with Gasteiger partial charge >= 0.3 is 6.03 Å². The van der Waals surface area contributed by atoms with Gasteiger partial charge in [-0.2, -0.15) is 5.26 Å². The molecule has 0 fully saturated rings. The fraction of sp³-hybridized carbons (Fsp3) is 0.364. The Hall–Kier alpha value is -2.84. The van der Waals surface area contributed by atoms with Gasteiger partial charge in [-0.05, 0) is 48.6 Å². The topological polar surface area (TPSA) is 65.4 Å². The van der Waals surface area contributed by atoms with Gasteiger partial charge in [-0.1, -0.05) is 36.4 Å². The zero-order valence-corrected chi connectivity index (χ0v) is 16.1. The van der Waals surface area contributed by atoms with Crippen molar-refractivity contribution in [3.05, 3.63) is 64.7 Å². The third kappa shape index (κ3) is 3.96. The van der Waals surface area contributed by atoms with Crippen LogP contribution in [0.25, 0.3) is 0 Å². The molecule has 3 rings (SSSR count). The average Bonchev–Trinajstić information content (AvgIpc) is 2.67. The first-order valence-corrected chi connectivity index (χ1v) is 9.16. The van der Waals surface area contributed by atoms with Crippen molar-refractivity contribution >= 4 is 11.7 Å². The van der Waals surface area contributed by atoms with Gasteiger partial charge in [0.05, 0.1) is 18.1 Å². The molecular weight excluding hydrogens is 338 g/mol. The Morgan fingerprint density at radius 3 is 2.74 bits per heavy atom. The fourth-order valence-electron chi connectivity index (χ4n) is 3.51. The number of nitrogens with zero attached hydrogens (tertiary/aromatic N) is 2. The molecule has 0 radical (unpaired) electrons. The monoisotopic (exact) mass is 363 g/mol. The minimum Gasteiger partial charge on any atom is -0.380 e. The van der Waals surface area contributed by atoms with Crippen LogP contribution in [0.2, 0.25) is 0 Å². The van der Waals surface area contributed by atoms with Crippen LogP contribution < -0.4 is 5.32 Å². The van der Waals surface area contributed by atoms with E-state index >= 15 is 0 Å². The van der Waals surface area contributed by atoms with E-state index in [2.05, 4.69) is 17.5 Å². The van der Waals surface area contributed by atoms with E-state index in [1.165, 1.54) is 0 Å². The van der Waals surface area contributed by atoms with Crippen molar-refractivity contribution < 1.29 is 9.53 Å². The number of benzene rings is 2. The van der Waals surface area contributed by atoms with Crippen molar-refractivity contribution in [1.29, 1.82) is 5.26 Å². The summed E-state index contributed by atoms with van der Waals surface area (Å²) in [6, 6.07) is 16.5. The molecule has 1 atom stereocenters. The van der Waals surface area contributed by atoms with Crippen molar-refractivity contribution in [3.8, 4) is 6.07 Å². The smallest absolute Gasteiger partial charge is 0.322 e. The van der Waals surface area contributed by atoms with Crippen molar-refractivity contribution in [3.63, 3.8) is 0 Å². The number of anilines is 1. The molecule has 1 N–H and O–H groups in total. The van der Waals surface area contributed by atoms with Gasteiger partial charge in [0.1, 0.15) is 0 Å². The number of urea groups is 1. The fourth-order valence-corrected chi connectivity index (χ4v) is 3.51. The molecule has 27 heavy (non-hydrogen) atoms. The molecule has 5 heteroatoms. The number of hydrogen-bond donors (Lipinski definition) is 1. The average molecular weight is 363 g/mol. The van der Waals surface area contributed by atoms with Gasteiger partial charge in [-0.3, -0.25) is 0 Å². The molecule has 1 unspecified atom stereocenters. The van der Waals surface area contributed by atoms with Gasteiger partial charge < -0.3 is 15.0 Å². The molecule has 140 valence electrons. The highest BCUT2D eigenvalue weighted by atomic mass is 16.5. The van der Waals surface area contributed by atoms with Gasteiger partial charge in [-0.25, -0.2) is 4.79 Å². The van der Waals surface area contributed by atoms with Crippen LogP contribution in [0, 0.1) is 11.3 Å². The number of amides is 2. The Labute approximate surface area is 160 Å². The summed E-state index contributed by atoms with van der Waals surface area (Å²) in [5.74, 6) is 0. The van der Waals surface area contributed by atoms with Gasteiger partial charge in [0.2, 0.25) is 0 Å². The summed E-state index contributed by atoms with van der Waals surface area (Å²) in [6.45, 7) is 5.72. The van der Waals surface area contributed by atoms with Crippen LogP contribution in [0.3, 0.4) is 0 Å². The van der Waals surface area contributed by atoms with Gasteiger partial charge in [0.25, 0.3) is 0 Å². The molecule has 1 aliphatic heterocycles. The van der Waals surface area contributed by atoms with E-state index in [0.717, 1.165) is 27.9 Å².